The number of nitrogens with one attached hydrogen (secondary N) is 1. The molecule has 1 aliphatic heterocycles. The van der Waals surface area contributed by atoms with Crippen LogP contribution in [0.5, 0.6) is 0 Å². The van der Waals surface area contributed by atoms with Gasteiger partial charge in [-0.3, -0.25) is 0 Å². The molecule has 0 saturated carbocycles. The van der Waals surface area contributed by atoms with Crippen molar-refractivity contribution in [3.63, 3.8) is 0 Å². The van der Waals surface area contributed by atoms with Crippen LogP contribution in [0.2, 0.25) is 0 Å². The van der Waals surface area contributed by atoms with E-state index in [4.69, 9.17) is 11.6 Å². The lowest BCUT2D eigenvalue weighted by Gasteiger charge is -2.37. The van der Waals surface area contributed by atoms with Crippen molar-refractivity contribution in [1.29, 1.82) is 0 Å². The molecule has 122 valence electrons. The Kier molecular flexibility index (Phi) is 4.52. The van der Waals surface area contributed by atoms with Crippen LogP contribution in [0.25, 0.3) is 0 Å². The third-order valence-corrected chi connectivity index (χ3v) is 4.12. The van der Waals surface area contributed by atoms with E-state index in [2.05, 4.69) is 5.32 Å². The maximum Gasteiger partial charge on any atom is 0.318 e. The van der Waals surface area contributed by atoms with Crippen molar-refractivity contribution >= 4 is 17.6 Å². The highest BCUT2D eigenvalue weighted by molar-refractivity contribution is 6.18. The first kappa shape index (κ1) is 15.8. The molecule has 0 aliphatic carbocycles. The molecule has 7 heteroatoms. The van der Waals surface area contributed by atoms with E-state index in [9.17, 15) is 13.6 Å². The number of fused-ring (bicyclic) bond motifs is 1. The molecule has 1 aromatic heterocycles. The van der Waals surface area contributed by atoms with Crippen LogP contribution in [-0.2, 0) is 6.54 Å². The van der Waals surface area contributed by atoms with Crippen LogP contribution in [0.15, 0.2) is 36.5 Å². The van der Waals surface area contributed by atoms with Gasteiger partial charge in [-0.25, -0.2) is 13.6 Å². The molecule has 2 amide bonds. The number of alkyl halides is 1. The molecule has 0 bridgehead atoms. The molecule has 4 nitrogen and oxygen atoms in total. The lowest BCUT2D eigenvalue weighted by atomic mass is 10.00. The Bertz CT molecular complexity index is 719. The van der Waals surface area contributed by atoms with Gasteiger partial charge in [0.25, 0.3) is 0 Å². The first-order chi connectivity index (χ1) is 11.1. The number of amides is 2. The Balaban J connectivity index is 1.99. The quantitative estimate of drug-likeness (QED) is 0.857. The number of urea groups is 1. The van der Waals surface area contributed by atoms with Gasteiger partial charge in [0.05, 0.1) is 6.04 Å². The summed E-state index contributed by atoms with van der Waals surface area (Å²) in [5.74, 6) is -1.52. The number of halogens is 3. The Labute approximate surface area is 137 Å². The second-order valence-electron chi connectivity index (χ2n) is 5.32. The largest absolute Gasteiger partial charge is 0.348 e. The Morgan fingerprint density at radius 1 is 1.26 bits per heavy atom. The minimum Gasteiger partial charge on any atom is -0.348 e. The van der Waals surface area contributed by atoms with Crippen LogP contribution in [-0.4, -0.2) is 34.5 Å². The van der Waals surface area contributed by atoms with Crippen molar-refractivity contribution in [2.45, 2.75) is 12.6 Å². The van der Waals surface area contributed by atoms with Crippen molar-refractivity contribution in [3.8, 4) is 0 Å². The van der Waals surface area contributed by atoms with Crippen LogP contribution in [0, 0.1) is 11.6 Å². The van der Waals surface area contributed by atoms with Crippen LogP contribution < -0.4 is 5.32 Å². The molecular formula is C16H16ClF2N3O. The molecule has 0 spiro atoms. The summed E-state index contributed by atoms with van der Waals surface area (Å²) in [6.07, 6.45) is 1.91. The van der Waals surface area contributed by atoms with Crippen LogP contribution in [0.1, 0.15) is 17.3 Å². The summed E-state index contributed by atoms with van der Waals surface area (Å²) in [4.78, 5) is 14.0. The lowest BCUT2D eigenvalue weighted by molar-refractivity contribution is 0.169. The standard InChI is InChI=1S/C16H16ClF2N3O/c17-5-6-20-16(23)22-9-8-21-7-1-2-14(21)15(22)11-3-4-12(18)13(19)10-11/h1-4,7,10,15H,5-6,8-9H2,(H,20,23)/t15-/m1/s1. The monoisotopic (exact) mass is 339 g/mol. The minimum absolute atomic E-state index is 0.271. The number of rotatable bonds is 3. The van der Waals surface area contributed by atoms with Gasteiger partial charge in [-0.1, -0.05) is 6.07 Å². The minimum atomic E-state index is -0.924. The van der Waals surface area contributed by atoms with Gasteiger partial charge in [0.15, 0.2) is 11.6 Å². The Morgan fingerprint density at radius 2 is 2.09 bits per heavy atom. The smallest absolute Gasteiger partial charge is 0.318 e. The van der Waals surface area contributed by atoms with Gasteiger partial charge >= 0.3 is 6.03 Å². The molecule has 1 aromatic carbocycles. The van der Waals surface area contributed by atoms with Gasteiger partial charge in [-0.15, -0.1) is 11.6 Å². The van der Waals surface area contributed by atoms with Crippen molar-refractivity contribution in [2.24, 2.45) is 0 Å². The van der Waals surface area contributed by atoms with E-state index in [0.717, 1.165) is 17.8 Å². The fourth-order valence-electron chi connectivity index (χ4n) is 2.89. The third-order valence-electron chi connectivity index (χ3n) is 3.93. The third kappa shape index (κ3) is 3.03. The summed E-state index contributed by atoms with van der Waals surface area (Å²) in [6, 6.07) is 6.76. The SMILES string of the molecule is O=C(NCCCl)N1CCn2cccc2[C@H]1c1ccc(F)c(F)c1. The highest BCUT2D eigenvalue weighted by Crippen LogP contribution is 2.33. The molecule has 1 aliphatic rings. The molecule has 1 atom stereocenters. The highest BCUT2D eigenvalue weighted by Gasteiger charge is 2.32. The molecular weight excluding hydrogens is 324 g/mol. The summed E-state index contributed by atoms with van der Waals surface area (Å²) >= 11 is 5.61. The Morgan fingerprint density at radius 3 is 2.83 bits per heavy atom. The summed E-state index contributed by atoms with van der Waals surface area (Å²) in [6.45, 7) is 1.47. The molecule has 2 heterocycles. The molecule has 0 unspecified atom stereocenters. The zero-order valence-electron chi connectivity index (χ0n) is 12.3. The van der Waals surface area contributed by atoms with Crippen molar-refractivity contribution in [1.82, 2.24) is 14.8 Å². The molecule has 2 aromatic rings. The van der Waals surface area contributed by atoms with E-state index in [-0.39, 0.29) is 6.03 Å². The second-order valence-corrected chi connectivity index (χ2v) is 5.69. The van der Waals surface area contributed by atoms with Gasteiger partial charge in [0.1, 0.15) is 0 Å². The lowest BCUT2D eigenvalue weighted by Crippen LogP contribution is -2.47. The number of hydrogen-bond acceptors (Lipinski definition) is 1. The van der Waals surface area contributed by atoms with E-state index in [1.54, 1.807) is 4.90 Å². The van der Waals surface area contributed by atoms with Gasteiger partial charge in [-0.05, 0) is 29.8 Å². The first-order valence-corrected chi connectivity index (χ1v) is 7.85. The molecule has 3 rings (SSSR count). The summed E-state index contributed by atoms with van der Waals surface area (Å²) < 4.78 is 28.9. The van der Waals surface area contributed by atoms with E-state index in [0.29, 0.717) is 31.1 Å². The molecule has 1 N–H and O–H groups in total. The van der Waals surface area contributed by atoms with Crippen LogP contribution in [0.4, 0.5) is 13.6 Å². The number of aromatic nitrogens is 1. The highest BCUT2D eigenvalue weighted by atomic mass is 35.5. The van der Waals surface area contributed by atoms with Gasteiger partial charge in [0, 0.05) is 37.4 Å². The zero-order chi connectivity index (χ0) is 16.4. The van der Waals surface area contributed by atoms with Crippen LogP contribution >= 0.6 is 11.6 Å². The fourth-order valence-corrected chi connectivity index (χ4v) is 2.99. The molecule has 23 heavy (non-hydrogen) atoms. The maximum atomic E-state index is 13.6. The normalized spacial score (nSPS) is 17.0. The fraction of sp³-hybridized carbons (Fsp3) is 0.312. The second kappa shape index (κ2) is 6.58. The van der Waals surface area contributed by atoms with Crippen molar-refractivity contribution in [3.05, 3.63) is 59.4 Å². The van der Waals surface area contributed by atoms with Gasteiger partial charge < -0.3 is 14.8 Å². The first-order valence-electron chi connectivity index (χ1n) is 7.32. The molecule has 0 saturated heterocycles. The number of benzene rings is 1. The molecule has 0 fully saturated rings. The van der Waals surface area contributed by atoms with E-state index in [1.807, 2.05) is 22.9 Å². The number of hydrogen-bond donors (Lipinski definition) is 1. The average Bonchev–Trinajstić information content (AvgIpc) is 3.03. The van der Waals surface area contributed by atoms with E-state index in [1.165, 1.54) is 6.07 Å². The molecule has 0 radical (unpaired) electrons. The van der Waals surface area contributed by atoms with Crippen molar-refractivity contribution < 1.29 is 13.6 Å². The predicted octanol–water partition coefficient (Wildman–Crippen LogP) is 3.12. The number of nitrogens with zero attached hydrogens (tertiary/aromatic N) is 2. The number of carbonyl (C=O) groups excluding carboxylic acids is 1. The van der Waals surface area contributed by atoms with Gasteiger partial charge in [-0.2, -0.15) is 0 Å². The van der Waals surface area contributed by atoms with Crippen LogP contribution in [0.3, 0.4) is 0 Å². The summed E-state index contributed by atoms with van der Waals surface area (Å²) in [5, 5.41) is 2.73. The van der Waals surface area contributed by atoms with E-state index < -0.39 is 17.7 Å². The zero-order valence-corrected chi connectivity index (χ0v) is 13.1. The van der Waals surface area contributed by atoms with Gasteiger partial charge in [0.2, 0.25) is 0 Å². The average molecular weight is 340 g/mol. The summed E-state index contributed by atoms with van der Waals surface area (Å²) in [7, 11) is 0. The summed E-state index contributed by atoms with van der Waals surface area (Å²) in [5.41, 5.74) is 1.40. The van der Waals surface area contributed by atoms with E-state index >= 15 is 0 Å². The van der Waals surface area contributed by atoms with Crippen molar-refractivity contribution in [2.75, 3.05) is 19.0 Å². The topological polar surface area (TPSA) is 37.3 Å². The maximum absolute atomic E-state index is 13.6. The number of carbonyl (C=O) groups is 1. The Hall–Kier alpha value is -2.08. The predicted molar refractivity (Wildman–Crippen MR) is 83.5 cm³/mol.